The van der Waals surface area contributed by atoms with Gasteiger partial charge in [-0.25, -0.2) is 9.97 Å². The summed E-state index contributed by atoms with van der Waals surface area (Å²) in [5, 5.41) is 2.52. The first-order valence-electron chi connectivity index (χ1n) is 4.84. The summed E-state index contributed by atoms with van der Waals surface area (Å²) in [6.45, 7) is 0.375. The SMILES string of the molecule is Cn1ccnc1CC(=O)c1csc(CN)n1. The highest BCUT2D eigenvalue weighted by Gasteiger charge is 2.13. The van der Waals surface area contributed by atoms with E-state index >= 15 is 0 Å². The Labute approximate surface area is 96.9 Å². The maximum Gasteiger partial charge on any atom is 0.189 e. The van der Waals surface area contributed by atoms with Crippen LogP contribution in [-0.4, -0.2) is 20.3 Å². The van der Waals surface area contributed by atoms with E-state index in [1.54, 1.807) is 11.6 Å². The molecule has 0 spiro atoms. The monoisotopic (exact) mass is 236 g/mol. The second-order valence-electron chi connectivity index (χ2n) is 3.38. The van der Waals surface area contributed by atoms with Crippen molar-refractivity contribution in [3.05, 3.63) is 34.3 Å². The van der Waals surface area contributed by atoms with Crippen LogP contribution in [-0.2, 0) is 20.0 Å². The van der Waals surface area contributed by atoms with Gasteiger partial charge in [-0.2, -0.15) is 0 Å². The van der Waals surface area contributed by atoms with Crippen molar-refractivity contribution in [2.75, 3.05) is 0 Å². The van der Waals surface area contributed by atoms with Gasteiger partial charge >= 0.3 is 0 Å². The molecule has 0 bridgehead atoms. The van der Waals surface area contributed by atoms with Gasteiger partial charge in [-0.15, -0.1) is 11.3 Å². The maximum atomic E-state index is 11.8. The Balaban J connectivity index is 2.11. The summed E-state index contributed by atoms with van der Waals surface area (Å²) in [6, 6.07) is 0. The van der Waals surface area contributed by atoms with Crippen LogP contribution in [0.4, 0.5) is 0 Å². The topological polar surface area (TPSA) is 73.8 Å². The van der Waals surface area contributed by atoms with Gasteiger partial charge in [0, 0.05) is 31.4 Å². The molecule has 0 aromatic carbocycles. The Morgan fingerprint density at radius 3 is 3.00 bits per heavy atom. The van der Waals surface area contributed by atoms with Crippen molar-refractivity contribution in [2.24, 2.45) is 12.8 Å². The average molecular weight is 236 g/mol. The molecule has 0 saturated carbocycles. The molecular formula is C10H12N4OS. The first-order valence-corrected chi connectivity index (χ1v) is 5.72. The number of carbonyl (C=O) groups excluding carboxylic acids is 1. The average Bonchev–Trinajstić information content (AvgIpc) is 2.88. The fraction of sp³-hybridized carbons (Fsp3) is 0.300. The predicted octanol–water partition coefficient (Wildman–Crippen LogP) is 0.761. The molecule has 2 heterocycles. The van der Waals surface area contributed by atoms with Crippen LogP contribution in [0.15, 0.2) is 17.8 Å². The van der Waals surface area contributed by atoms with Gasteiger partial charge in [0.25, 0.3) is 0 Å². The van der Waals surface area contributed by atoms with Crippen LogP contribution >= 0.6 is 11.3 Å². The number of hydrogen-bond donors (Lipinski definition) is 1. The number of Topliss-reactive ketones (excluding diaryl/α,β-unsaturated/α-hetero) is 1. The minimum Gasteiger partial charge on any atom is -0.338 e. The normalized spacial score (nSPS) is 10.6. The smallest absolute Gasteiger partial charge is 0.189 e. The molecule has 84 valence electrons. The van der Waals surface area contributed by atoms with Crippen molar-refractivity contribution in [1.29, 1.82) is 0 Å². The van der Waals surface area contributed by atoms with E-state index in [-0.39, 0.29) is 12.2 Å². The molecule has 16 heavy (non-hydrogen) atoms. The lowest BCUT2D eigenvalue weighted by Crippen LogP contribution is -2.09. The summed E-state index contributed by atoms with van der Waals surface area (Å²) in [5.41, 5.74) is 5.92. The molecule has 0 radical (unpaired) electrons. The van der Waals surface area contributed by atoms with Gasteiger partial charge in [-0.1, -0.05) is 0 Å². The molecule has 5 nitrogen and oxygen atoms in total. The number of ketones is 1. The van der Waals surface area contributed by atoms with E-state index in [4.69, 9.17) is 5.73 Å². The minimum atomic E-state index is -0.0229. The van der Waals surface area contributed by atoms with Crippen LogP contribution < -0.4 is 5.73 Å². The zero-order chi connectivity index (χ0) is 11.5. The van der Waals surface area contributed by atoms with Crippen LogP contribution in [0.5, 0.6) is 0 Å². The molecule has 0 fully saturated rings. The molecule has 6 heteroatoms. The zero-order valence-electron chi connectivity index (χ0n) is 8.88. The number of rotatable bonds is 4. The third-order valence-corrected chi connectivity index (χ3v) is 3.12. The van der Waals surface area contributed by atoms with Crippen molar-refractivity contribution < 1.29 is 4.79 Å². The zero-order valence-corrected chi connectivity index (χ0v) is 9.70. The van der Waals surface area contributed by atoms with Crippen LogP contribution in [0.25, 0.3) is 0 Å². The number of aromatic nitrogens is 3. The van der Waals surface area contributed by atoms with E-state index in [0.717, 1.165) is 10.8 Å². The molecule has 0 aliphatic heterocycles. The Bertz CT molecular complexity index is 502. The van der Waals surface area contributed by atoms with Gasteiger partial charge in [0.15, 0.2) is 5.78 Å². The molecule has 0 atom stereocenters. The lowest BCUT2D eigenvalue weighted by atomic mass is 10.2. The quantitative estimate of drug-likeness (QED) is 0.795. The van der Waals surface area contributed by atoms with Crippen molar-refractivity contribution in [2.45, 2.75) is 13.0 Å². The van der Waals surface area contributed by atoms with Gasteiger partial charge in [-0.3, -0.25) is 4.79 Å². The predicted molar refractivity (Wildman–Crippen MR) is 61.2 cm³/mol. The number of aryl methyl sites for hydroxylation is 1. The first-order chi connectivity index (χ1) is 7.70. The number of hydrogen-bond acceptors (Lipinski definition) is 5. The van der Waals surface area contributed by atoms with Gasteiger partial charge in [0.2, 0.25) is 0 Å². The fourth-order valence-corrected chi connectivity index (χ4v) is 2.01. The number of carbonyl (C=O) groups is 1. The molecule has 0 unspecified atom stereocenters. The lowest BCUT2D eigenvalue weighted by Gasteiger charge is -1.98. The van der Waals surface area contributed by atoms with E-state index in [1.165, 1.54) is 11.3 Å². The second-order valence-corrected chi connectivity index (χ2v) is 4.33. The van der Waals surface area contributed by atoms with Gasteiger partial charge in [0.1, 0.15) is 16.5 Å². The van der Waals surface area contributed by atoms with E-state index < -0.39 is 0 Å². The summed E-state index contributed by atoms with van der Waals surface area (Å²) in [6.07, 6.45) is 3.77. The van der Waals surface area contributed by atoms with E-state index in [2.05, 4.69) is 9.97 Å². The number of imidazole rings is 1. The summed E-state index contributed by atoms with van der Waals surface area (Å²) in [5.74, 6) is 0.720. The number of thiazole rings is 1. The van der Waals surface area contributed by atoms with Crippen molar-refractivity contribution >= 4 is 17.1 Å². The van der Waals surface area contributed by atoms with E-state index in [1.807, 2.05) is 17.8 Å². The molecular weight excluding hydrogens is 224 g/mol. The van der Waals surface area contributed by atoms with Crippen molar-refractivity contribution in [1.82, 2.24) is 14.5 Å². The molecule has 0 amide bonds. The second kappa shape index (κ2) is 4.54. The Kier molecular flexibility index (Phi) is 3.12. The highest BCUT2D eigenvalue weighted by atomic mass is 32.1. The number of nitrogens with zero attached hydrogens (tertiary/aromatic N) is 3. The standard InChI is InChI=1S/C10H12N4OS/c1-14-3-2-12-9(14)4-8(15)7-6-16-10(5-11)13-7/h2-3,6H,4-5,11H2,1H3. The summed E-state index contributed by atoms with van der Waals surface area (Å²) >= 11 is 1.41. The van der Waals surface area contributed by atoms with Gasteiger partial charge in [0.05, 0.1) is 6.42 Å². The van der Waals surface area contributed by atoms with Gasteiger partial charge in [-0.05, 0) is 0 Å². The molecule has 0 saturated heterocycles. The molecule has 0 aliphatic rings. The summed E-state index contributed by atoms with van der Waals surface area (Å²) < 4.78 is 1.83. The third-order valence-electron chi connectivity index (χ3n) is 2.25. The molecule has 0 aliphatic carbocycles. The van der Waals surface area contributed by atoms with Crippen molar-refractivity contribution in [3.8, 4) is 0 Å². The van der Waals surface area contributed by atoms with Crippen LogP contribution in [0.1, 0.15) is 21.3 Å². The molecule has 2 N–H and O–H groups in total. The maximum absolute atomic E-state index is 11.8. The van der Waals surface area contributed by atoms with Crippen molar-refractivity contribution in [3.63, 3.8) is 0 Å². The third kappa shape index (κ3) is 2.17. The first kappa shape index (κ1) is 11.0. The highest BCUT2D eigenvalue weighted by Crippen LogP contribution is 2.11. The van der Waals surface area contributed by atoms with E-state index in [9.17, 15) is 4.79 Å². The highest BCUT2D eigenvalue weighted by molar-refractivity contribution is 7.09. The molecule has 2 aromatic heterocycles. The summed E-state index contributed by atoms with van der Waals surface area (Å²) in [4.78, 5) is 20.1. The minimum absolute atomic E-state index is 0.0229. The van der Waals surface area contributed by atoms with Crippen LogP contribution in [0.3, 0.4) is 0 Å². The van der Waals surface area contributed by atoms with Crippen LogP contribution in [0.2, 0.25) is 0 Å². The fourth-order valence-electron chi connectivity index (χ4n) is 1.33. The Morgan fingerprint density at radius 1 is 1.62 bits per heavy atom. The number of nitrogens with two attached hydrogens (primary N) is 1. The Hall–Kier alpha value is -1.53. The summed E-state index contributed by atoms with van der Waals surface area (Å²) in [7, 11) is 1.86. The lowest BCUT2D eigenvalue weighted by molar-refractivity contribution is 0.0985. The largest absolute Gasteiger partial charge is 0.338 e. The van der Waals surface area contributed by atoms with Gasteiger partial charge < -0.3 is 10.3 Å². The van der Waals surface area contributed by atoms with E-state index in [0.29, 0.717) is 12.2 Å². The van der Waals surface area contributed by atoms with Crippen LogP contribution in [0, 0.1) is 0 Å². The molecule has 2 aromatic rings. The Morgan fingerprint density at radius 2 is 2.44 bits per heavy atom. The molecule has 2 rings (SSSR count).